The number of nitrogens with one attached hydrogen (secondary N) is 2. The summed E-state index contributed by atoms with van der Waals surface area (Å²) in [4.78, 5) is 14.7. The number of nitrogen functional groups attached to an aromatic ring is 2. The number of aromatic nitrogens is 5. The third kappa shape index (κ3) is 5.04. The first-order valence-corrected chi connectivity index (χ1v) is 11.3. The van der Waals surface area contributed by atoms with Crippen LogP contribution in [-0.2, 0) is 15.8 Å². The topological polar surface area (TPSA) is 169 Å². The third-order valence-electron chi connectivity index (χ3n) is 3.80. The molecule has 0 atom stereocenters. The van der Waals surface area contributed by atoms with Crippen molar-refractivity contribution in [1.82, 2.24) is 25.1 Å². The van der Waals surface area contributed by atoms with Gasteiger partial charge < -0.3 is 16.4 Å². The summed E-state index contributed by atoms with van der Waals surface area (Å²) in [5.74, 6) is 1.47. The summed E-state index contributed by atoms with van der Waals surface area (Å²) in [5, 5.41) is 6.72. The minimum atomic E-state index is -3.96. The number of benzene rings is 1. The summed E-state index contributed by atoms with van der Waals surface area (Å²) in [6.45, 7) is 1.72. The smallest absolute Gasteiger partial charge is 0.264 e. The van der Waals surface area contributed by atoms with Crippen LogP contribution >= 0.6 is 23.4 Å². The fourth-order valence-electron chi connectivity index (χ4n) is 2.37. The predicted octanol–water partition coefficient (Wildman–Crippen LogP) is 1.88. The highest BCUT2D eigenvalue weighted by Gasteiger charge is 2.22. The second-order valence-electron chi connectivity index (χ2n) is 6.46. The van der Waals surface area contributed by atoms with E-state index >= 15 is 0 Å². The zero-order valence-corrected chi connectivity index (χ0v) is 18.7. The monoisotopic (exact) mass is 469 g/mol. The lowest BCUT2D eigenvalue weighted by molar-refractivity contribution is 0.599. The van der Waals surface area contributed by atoms with E-state index in [4.69, 9.17) is 23.1 Å². The van der Waals surface area contributed by atoms with Crippen molar-refractivity contribution in [2.45, 2.75) is 22.5 Å². The van der Waals surface area contributed by atoms with E-state index in [0.29, 0.717) is 27.3 Å². The highest BCUT2D eigenvalue weighted by atomic mass is 35.5. The van der Waals surface area contributed by atoms with Crippen LogP contribution in [0.2, 0.25) is 5.02 Å². The van der Waals surface area contributed by atoms with E-state index in [2.05, 4.69) is 29.9 Å². The molecule has 2 aromatic heterocycles. The molecule has 1 aromatic carbocycles. The Morgan fingerprint density at radius 1 is 1.20 bits per heavy atom. The largest absolute Gasteiger partial charge is 0.384 e. The number of nitrogens with two attached hydrogens (primary N) is 2. The van der Waals surface area contributed by atoms with E-state index in [1.807, 2.05) is 0 Å². The number of aromatic amines is 1. The molecule has 0 fully saturated rings. The lowest BCUT2D eigenvalue weighted by atomic mass is 10.2. The lowest BCUT2D eigenvalue weighted by Gasteiger charge is -2.14. The summed E-state index contributed by atoms with van der Waals surface area (Å²) in [5.41, 5.74) is 11.9. The highest BCUT2D eigenvalue weighted by molar-refractivity contribution is 7.99. The average Bonchev–Trinajstić information content (AvgIpc) is 3.05. The summed E-state index contributed by atoms with van der Waals surface area (Å²) in [6, 6.07) is 4.46. The molecule has 6 N–H and O–H groups in total. The van der Waals surface area contributed by atoms with Crippen LogP contribution in [0.5, 0.6) is 0 Å². The van der Waals surface area contributed by atoms with Gasteiger partial charge in [-0.25, -0.2) is 8.42 Å². The highest BCUT2D eigenvalue weighted by Crippen LogP contribution is 2.34. The minimum absolute atomic E-state index is 0.0471. The van der Waals surface area contributed by atoms with Crippen LogP contribution in [0.25, 0.3) is 0 Å². The lowest BCUT2D eigenvalue weighted by Crippen LogP contribution is -2.16. The fourth-order valence-corrected chi connectivity index (χ4v) is 5.07. The average molecular weight is 470 g/mol. The zero-order chi connectivity index (χ0) is 22.1. The molecular formula is C16H20ClN9O2S2. The molecule has 0 amide bonds. The summed E-state index contributed by atoms with van der Waals surface area (Å²) < 4.78 is 28.3. The molecule has 160 valence electrons. The van der Waals surface area contributed by atoms with Crippen LogP contribution in [0.3, 0.4) is 0 Å². The summed E-state index contributed by atoms with van der Waals surface area (Å²) in [6.07, 6.45) is 0. The van der Waals surface area contributed by atoms with Crippen LogP contribution in [0.15, 0.2) is 28.0 Å². The molecule has 0 unspecified atom stereocenters. The molecule has 14 heteroatoms. The molecule has 0 saturated heterocycles. The number of anilines is 4. The first-order valence-electron chi connectivity index (χ1n) is 8.49. The maximum atomic E-state index is 13.0. The molecule has 0 saturated carbocycles. The maximum absolute atomic E-state index is 13.0. The van der Waals surface area contributed by atoms with Gasteiger partial charge in [-0.3, -0.25) is 9.82 Å². The van der Waals surface area contributed by atoms with Crippen molar-refractivity contribution in [3.63, 3.8) is 0 Å². The van der Waals surface area contributed by atoms with Crippen molar-refractivity contribution in [2.75, 3.05) is 35.2 Å². The van der Waals surface area contributed by atoms with E-state index in [1.165, 1.54) is 23.9 Å². The fraction of sp³-hybridized carbons (Fsp3) is 0.250. The van der Waals surface area contributed by atoms with Gasteiger partial charge in [-0.05, 0) is 24.6 Å². The molecule has 0 spiro atoms. The van der Waals surface area contributed by atoms with Crippen molar-refractivity contribution < 1.29 is 8.42 Å². The number of nitrogens with zero attached hydrogens (tertiary/aromatic N) is 5. The van der Waals surface area contributed by atoms with E-state index in [1.54, 1.807) is 32.0 Å². The normalized spacial score (nSPS) is 11.5. The van der Waals surface area contributed by atoms with Gasteiger partial charge in [-0.2, -0.15) is 20.1 Å². The molecule has 0 aliphatic carbocycles. The minimum Gasteiger partial charge on any atom is -0.384 e. The van der Waals surface area contributed by atoms with E-state index in [-0.39, 0.29) is 28.2 Å². The number of sulfonamides is 1. The molecular weight excluding hydrogens is 450 g/mol. The van der Waals surface area contributed by atoms with Gasteiger partial charge >= 0.3 is 0 Å². The standard InChI is InChI=1S/C16H20ClN9O2S2/c1-8-4-11(30(27,28)25-13-6-12(18)23-24-13)10(5-9(8)17)29-7-14-20-15(19)22-16(21-14)26(2)3/h4-6H,7H2,1-3H3,(H4,18,23,24,25)(H2,19,20,21,22). The van der Waals surface area contributed by atoms with Crippen molar-refractivity contribution in [3.05, 3.63) is 34.6 Å². The second-order valence-corrected chi connectivity index (χ2v) is 9.53. The number of thioether (sulfide) groups is 1. The van der Waals surface area contributed by atoms with Crippen LogP contribution < -0.4 is 21.1 Å². The van der Waals surface area contributed by atoms with Crippen LogP contribution in [0.1, 0.15) is 11.4 Å². The van der Waals surface area contributed by atoms with Gasteiger partial charge in [0.2, 0.25) is 11.9 Å². The molecule has 30 heavy (non-hydrogen) atoms. The van der Waals surface area contributed by atoms with Crippen LogP contribution in [-0.4, -0.2) is 47.7 Å². The third-order valence-corrected chi connectivity index (χ3v) is 6.78. The van der Waals surface area contributed by atoms with E-state index in [9.17, 15) is 8.42 Å². The molecule has 0 radical (unpaired) electrons. The number of hydrogen-bond donors (Lipinski definition) is 4. The zero-order valence-electron chi connectivity index (χ0n) is 16.3. The Morgan fingerprint density at radius 2 is 1.93 bits per heavy atom. The molecule has 0 aliphatic heterocycles. The van der Waals surface area contributed by atoms with Gasteiger partial charge in [0.05, 0.1) is 5.75 Å². The van der Waals surface area contributed by atoms with Gasteiger partial charge in [0.1, 0.15) is 16.5 Å². The number of hydrogen-bond acceptors (Lipinski definition) is 10. The number of rotatable bonds is 7. The maximum Gasteiger partial charge on any atom is 0.264 e. The Labute approximate surface area is 182 Å². The Hall–Kier alpha value is -2.77. The summed E-state index contributed by atoms with van der Waals surface area (Å²) >= 11 is 7.45. The Kier molecular flexibility index (Phi) is 6.24. The first-order chi connectivity index (χ1) is 14.0. The van der Waals surface area contributed by atoms with Gasteiger partial charge in [-0.15, -0.1) is 11.8 Å². The quantitative estimate of drug-likeness (QED) is 0.374. The number of H-pyrrole nitrogens is 1. The van der Waals surface area contributed by atoms with Gasteiger partial charge in [-0.1, -0.05) is 11.6 Å². The van der Waals surface area contributed by atoms with Crippen molar-refractivity contribution in [2.24, 2.45) is 0 Å². The Morgan fingerprint density at radius 3 is 2.57 bits per heavy atom. The molecule has 0 aliphatic rings. The van der Waals surface area contributed by atoms with Gasteiger partial charge in [0.15, 0.2) is 5.82 Å². The second kappa shape index (κ2) is 8.53. The Balaban J connectivity index is 1.92. The van der Waals surface area contributed by atoms with Crippen LogP contribution in [0, 0.1) is 6.92 Å². The van der Waals surface area contributed by atoms with E-state index < -0.39 is 10.0 Å². The molecule has 3 aromatic rings. The van der Waals surface area contributed by atoms with Crippen LogP contribution in [0.4, 0.5) is 23.5 Å². The number of aryl methyl sites for hydroxylation is 1. The molecule has 2 heterocycles. The van der Waals surface area contributed by atoms with Crippen molar-refractivity contribution in [1.29, 1.82) is 0 Å². The molecule has 3 rings (SSSR count). The van der Waals surface area contributed by atoms with Crippen molar-refractivity contribution in [3.8, 4) is 0 Å². The molecule has 11 nitrogen and oxygen atoms in total. The predicted molar refractivity (Wildman–Crippen MR) is 118 cm³/mol. The first kappa shape index (κ1) is 21.9. The van der Waals surface area contributed by atoms with Gasteiger partial charge in [0, 0.05) is 30.1 Å². The SMILES string of the molecule is Cc1cc(S(=O)(=O)Nc2cc(N)[nH]n2)c(SCc2nc(N)nc(N(C)C)n2)cc1Cl. The Bertz CT molecular complexity index is 1180. The van der Waals surface area contributed by atoms with E-state index in [0.717, 1.165) is 0 Å². The molecule has 0 bridgehead atoms. The number of halogens is 1. The van der Waals surface area contributed by atoms with Crippen molar-refractivity contribution >= 4 is 56.9 Å². The van der Waals surface area contributed by atoms with Gasteiger partial charge in [0.25, 0.3) is 10.0 Å². The summed E-state index contributed by atoms with van der Waals surface area (Å²) in [7, 11) is -0.395.